The van der Waals surface area contributed by atoms with Gasteiger partial charge in [0, 0.05) is 32.2 Å². The van der Waals surface area contributed by atoms with Crippen molar-refractivity contribution in [1.29, 1.82) is 0 Å². The van der Waals surface area contributed by atoms with E-state index in [2.05, 4.69) is 4.90 Å². The normalized spacial score (nSPS) is 15.0. The van der Waals surface area contributed by atoms with Crippen LogP contribution in [0.25, 0.3) is 11.1 Å². The van der Waals surface area contributed by atoms with Crippen LogP contribution >= 0.6 is 0 Å². The second kappa shape index (κ2) is 8.99. The summed E-state index contributed by atoms with van der Waals surface area (Å²) < 4.78 is 38.6. The maximum Gasteiger partial charge on any atom is 0.243 e. The van der Waals surface area contributed by atoms with E-state index in [1.54, 1.807) is 30.7 Å². The van der Waals surface area contributed by atoms with Gasteiger partial charge < -0.3 is 14.4 Å². The summed E-state index contributed by atoms with van der Waals surface area (Å²) in [7, 11) is -0.299. The van der Waals surface area contributed by atoms with Crippen molar-refractivity contribution in [2.75, 3.05) is 45.3 Å². The molecule has 3 aromatic carbocycles. The van der Waals surface area contributed by atoms with Crippen molar-refractivity contribution in [3.05, 3.63) is 72.8 Å². The second-order valence-corrected chi connectivity index (χ2v) is 9.26. The molecule has 0 N–H and O–H groups in total. The van der Waals surface area contributed by atoms with Gasteiger partial charge in [-0.1, -0.05) is 42.5 Å². The average molecular weight is 439 g/mol. The van der Waals surface area contributed by atoms with Gasteiger partial charge in [0.15, 0.2) is 0 Å². The highest BCUT2D eigenvalue weighted by molar-refractivity contribution is 7.89. The van der Waals surface area contributed by atoms with Crippen LogP contribution in [0.4, 0.5) is 5.69 Å². The highest BCUT2D eigenvalue weighted by Crippen LogP contribution is 2.33. The Kier molecular flexibility index (Phi) is 6.15. The van der Waals surface area contributed by atoms with Gasteiger partial charge in [-0.15, -0.1) is 0 Å². The molecule has 1 heterocycles. The molecule has 0 spiro atoms. The lowest BCUT2D eigenvalue weighted by Gasteiger charge is -2.36. The average Bonchev–Trinajstić information content (AvgIpc) is 2.84. The van der Waals surface area contributed by atoms with Gasteiger partial charge >= 0.3 is 0 Å². The molecule has 0 bridgehead atoms. The summed E-state index contributed by atoms with van der Waals surface area (Å²) in [6, 6.07) is 22.7. The molecule has 1 aliphatic rings. The molecule has 0 amide bonds. The van der Waals surface area contributed by atoms with Gasteiger partial charge in [0.1, 0.15) is 11.5 Å². The third-order valence-electron chi connectivity index (χ3n) is 5.57. The van der Waals surface area contributed by atoms with Crippen LogP contribution in [0, 0.1) is 0 Å². The van der Waals surface area contributed by atoms with E-state index in [9.17, 15) is 8.42 Å². The van der Waals surface area contributed by atoms with Crippen LogP contribution in [-0.4, -0.2) is 53.1 Å². The molecule has 0 aliphatic carbocycles. The van der Waals surface area contributed by atoms with Gasteiger partial charge in [-0.05, 0) is 35.4 Å². The zero-order valence-corrected chi connectivity index (χ0v) is 18.5. The number of anilines is 1. The number of hydrogen-bond acceptors (Lipinski definition) is 5. The summed E-state index contributed by atoms with van der Waals surface area (Å²) >= 11 is 0. The van der Waals surface area contributed by atoms with E-state index in [1.165, 1.54) is 0 Å². The molecule has 162 valence electrons. The molecule has 0 radical (unpaired) electrons. The van der Waals surface area contributed by atoms with Crippen molar-refractivity contribution >= 4 is 15.7 Å². The number of benzene rings is 3. The SMILES string of the molecule is COc1ccc(N2CCN(S(=O)(=O)c3ccc(-c4ccccc4)cc3)CC2)c(OC)c1. The van der Waals surface area contributed by atoms with Crippen molar-refractivity contribution in [3.63, 3.8) is 0 Å². The summed E-state index contributed by atoms with van der Waals surface area (Å²) in [5, 5.41) is 0. The maximum atomic E-state index is 13.2. The second-order valence-electron chi connectivity index (χ2n) is 7.32. The fraction of sp³-hybridized carbons (Fsp3) is 0.250. The predicted octanol–water partition coefficient (Wildman–Crippen LogP) is 3.88. The first-order valence-corrected chi connectivity index (χ1v) is 11.6. The molecular weight excluding hydrogens is 412 g/mol. The minimum absolute atomic E-state index is 0.322. The molecule has 6 nitrogen and oxygen atoms in total. The molecule has 1 fully saturated rings. The van der Waals surface area contributed by atoms with E-state index in [1.807, 2.05) is 60.7 Å². The van der Waals surface area contributed by atoms with E-state index < -0.39 is 10.0 Å². The van der Waals surface area contributed by atoms with E-state index in [4.69, 9.17) is 9.47 Å². The lowest BCUT2D eigenvalue weighted by atomic mass is 10.1. The Hall–Kier alpha value is -3.03. The zero-order chi connectivity index (χ0) is 21.8. The fourth-order valence-corrected chi connectivity index (χ4v) is 5.24. The van der Waals surface area contributed by atoms with Crippen LogP contribution < -0.4 is 14.4 Å². The molecule has 0 aromatic heterocycles. The van der Waals surface area contributed by atoms with E-state index >= 15 is 0 Å². The molecule has 1 saturated heterocycles. The number of hydrogen-bond donors (Lipinski definition) is 0. The molecule has 31 heavy (non-hydrogen) atoms. The van der Waals surface area contributed by atoms with Crippen LogP contribution in [-0.2, 0) is 10.0 Å². The zero-order valence-electron chi connectivity index (χ0n) is 17.7. The molecular formula is C24H26N2O4S. The largest absolute Gasteiger partial charge is 0.497 e. The van der Waals surface area contributed by atoms with Gasteiger partial charge in [0.05, 0.1) is 24.8 Å². The standard InChI is InChI=1S/C24H26N2O4S/c1-29-21-10-13-23(24(18-21)30-2)25-14-16-26(17-15-25)31(27,28)22-11-8-20(9-12-22)19-6-4-3-5-7-19/h3-13,18H,14-17H2,1-2H3. The van der Waals surface area contributed by atoms with Crippen LogP contribution in [0.15, 0.2) is 77.7 Å². The predicted molar refractivity (Wildman–Crippen MR) is 122 cm³/mol. The molecule has 4 rings (SSSR count). The third-order valence-corrected chi connectivity index (χ3v) is 7.48. The van der Waals surface area contributed by atoms with Gasteiger partial charge in [0.2, 0.25) is 10.0 Å². The number of nitrogens with zero attached hydrogens (tertiary/aromatic N) is 2. The van der Waals surface area contributed by atoms with Crippen molar-refractivity contribution in [2.45, 2.75) is 4.90 Å². The minimum atomic E-state index is -3.54. The lowest BCUT2D eigenvalue weighted by Crippen LogP contribution is -2.48. The van der Waals surface area contributed by atoms with E-state index in [0.717, 1.165) is 22.6 Å². The van der Waals surface area contributed by atoms with E-state index in [0.29, 0.717) is 36.8 Å². The molecule has 7 heteroatoms. The Bertz CT molecular complexity index is 1120. The van der Waals surface area contributed by atoms with Crippen LogP contribution in [0.1, 0.15) is 0 Å². The van der Waals surface area contributed by atoms with E-state index in [-0.39, 0.29) is 0 Å². The van der Waals surface area contributed by atoms with Crippen molar-refractivity contribution in [3.8, 4) is 22.6 Å². The first kappa shape index (κ1) is 21.2. The Balaban J connectivity index is 1.47. The van der Waals surface area contributed by atoms with Crippen LogP contribution in [0.5, 0.6) is 11.5 Å². The molecule has 0 atom stereocenters. The summed E-state index contributed by atoms with van der Waals surface area (Å²) in [5.41, 5.74) is 3.00. The lowest BCUT2D eigenvalue weighted by molar-refractivity contribution is 0.375. The number of methoxy groups -OCH3 is 2. The van der Waals surface area contributed by atoms with Gasteiger partial charge in [-0.2, -0.15) is 4.31 Å². The Labute approximate surface area is 183 Å². The number of rotatable bonds is 6. The Morgan fingerprint density at radius 3 is 2.00 bits per heavy atom. The fourth-order valence-electron chi connectivity index (χ4n) is 3.81. The number of sulfonamides is 1. The smallest absolute Gasteiger partial charge is 0.243 e. The van der Waals surface area contributed by atoms with Crippen LogP contribution in [0.3, 0.4) is 0 Å². The van der Waals surface area contributed by atoms with Gasteiger partial charge in [0.25, 0.3) is 0 Å². The summed E-state index contributed by atoms with van der Waals surface area (Å²) in [6.45, 7) is 2.00. The summed E-state index contributed by atoms with van der Waals surface area (Å²) in [6.07, 6.45) is 0. The third kappa shape index (κ3) is 4.38. The molecule has 0 saturated carbocycles. The molecule has 3 aromatic rings. The van der Waals surface area contributed by atoms with Crippen LogP contribution in [0.2, 0.25) is 0 Å². The number of ether oxygens (including phenoxy) is 2. The first-order chi connectivity index (χ1) is 15.0. The van der Waals surface area contributed by atoms with Crippen molar-refractivity contribution in [2.24, 2.45) is 0 Å². The van der Waals surface area contributed by atoms with Crippen molar-refractivity contribution < 1.29 is 17.9 Å². The highest BCUT2D eigenvalue weighted by atomic mass is 32.2. The van der Waals surface area contributed by atoms with Gasteiger partial charge in [-0.3, -0.25) is 0 Å². The summed E-state index contributed by atoms with van der Waals surface area (Å²) in [5.74, 6) is 1.44. The Morgan fingerprint density at radius 1 is 0.742 bits per heavy atom. The molecule has 1 aliphatic heterocycles. The molecule has 0 unspecified atom stereocenters. The number of piperazine rings is 1. The monoisotopic (exact) mass is 438 g/mol. The van der Waals surface area contributed by atoms with Gasteiger partial charge in [-0.25, -0.2) is 8.42 Å². The Morgan fingerprint density at radius 2 is 1.39 bits per heavy atom. The highest BCUT2D eigenvalue weighted by Gasteiger charge is 2.29. The minimum Gasteiger partial charge on any atom is -0.497 e. The summed E-state index contributed by atoms with van der Waals surface area (Å²) in [4.78, 5) is 2.46. The van der Waals surface area contributed by atoms with Crippen molar-refractivity contribution in [1.82, 2.24) is 4.31 Å². The first-order valence-electron chi connectivity index (χ1n) is 10.2. The maximum absolute atomic E-state index is 13.2. The quantitative estimate of drug-likeness (QED) is 0.585. The topological polar surface area (TPSA) is 59.1 Å².